The van der Waals surface area contributed by atoms with Crippen molar-refractivity contribution < 1.29 is 13.9 Å². The van der Waals surface area contributed by atoms with Crippen molar-refractivity contribution in [2.24, 2.45) is 0 Å². The van der Waals surface area contributed by atoms with Crippen molar-refractivity contribution in [3.05, 3.63) is 23.7 Å². The van der Waals surface area contributed by atoms with Gasteiger partial charge in [0.15, 0.2) is 5.76 Å². The SMILES string of the molecule is Cc1ccoc1C(=O)NC[C@@]1(N2CCOCC2)CCSC1. The summed E-state index contributed by atoms with van der Waals surface area (Å²) in [5, 5.41) is 3.08. The quantitative estimate of drug-likeness (QED) is 0.914. The van der Waals surface area contributed by atoms with E-state index >= 15 is 0 Å². The second-order valence-corrected chi connectivity index (χ2v) is 6.85. The van der Waals surface area contributed by atoms with Crippen LogP contribution < -0.4 is 5.32 Å². The zero-order chi connectivity index (χ0) is 14.7. The second-order valence-electron chi connectivity index (χ2n) is 5.74. The number of morpholine rings is 1. The van der Waals surface area contributed by atoms with Crippen LogP contribution in [-0.4, -0.2) is 60.7 Å². The molecule has 0 radical (unpaired) electrons. The van der Waals surface area contributed by atoms with Crippen LogP contribution in [0, 0.1) is 6.92 Å². The Morgan fingerprint density at radius 3 is 2.90 bits per heavy atom. The predicted octanol–water partition coefficient (Wildman–Crippen LogP) is 1.53. The highest BCUT2D eigenvalue weighted by molar-refractivity contribution is 7.99. The number of carbonyl (C=O) groups excluding carboxylic acids is 1. The summed E-state index contributed by atoms with van der Waals surface area (Å²) in [5.41, 5.74) is 0.957. The average molecular weight is 310 g/mol. The molecule has 116 valence electrons. The molecule has 0 aliphatic carbocycles. The summed E-state index contributed by atoms with van der Waals surface area (Å²) in [6, 6.07) is 1.82. The maximum atomic E-state index is 12.3. The van der Waals surface area contributed by atoms with Gasteiger partial charge in [0.25, 0.3) is 5.91 Å². The fourth-order valence-corrected chi connectivity index (χ4v) is 4.54. The van der Waals surface area contributed by atoms with Crippen molar-refractivity contribution in [2.75, 3.05) is 44.4 Å². The summed E-state index contributed by atoms with van der Waals surface area (Å²) < 4.78 is 10.7. The Morgan fingerprint density at radius 2 is 2.29 bits per heavy atom. The van der Waals surface area contributed by atoms with E-state index in [0.29, 0.717) is 12.3 Å². The van der Waals surface area contributed by atoms with Gasteiger partial charge in [-0.25, -0.2) is 0 Å². The van der Waals surface area contributed by atoms with E-state index in [-0.39, 0.29) is 11.4 Å². The Balaban J connectivity index is 1.65. The van der Waals surface area contributed by atoms with E-state index in [1.807, 2.05) is 24.8 Å². The van der Waals surface area contributed by atoms with Crippen LogP contribution in [0.15, 0.2) is 16.7 Å². The minimum Gasteiger partial charge on any atom is -0.459 e. The number of aryl methyl sites for hydroxylation is 1. The maximum absolute atomic E-state index is 12.3. The minimum atomic E-state index is -0.109. The third-order valence-electron chi connectivity index (χ3n) is 4.41. The van der Waals surface area contributed by atoms with Crippen LogP contribution in [0.3, 0.4) is 0 Å². The van der Waals surface area contributed by atoms with Gasteiger partial charge in [-0.2, -0.15) is 11.8 Å². The van der Waals surface area contributed by atoms with Crippen molar-refractivity contribution in [1.82, 2.24) is 10.2 Å². The molecule has 2 aliphatic heterocycles. The van der Waals surface area contributed by atoms with Crippen LogP contribution in [0.1, 0.15) is 22.5 Å². The largest absolute Gasteiger partial charge is 0.459 e. The Kier molecular flexibility index (Phi) is 4.57. The number of hydrogen-bond acceptors (Lipinski definition) is 5. The molecule has 1 amide bonds. The predicted molar refractivity (Wildman–Crippen MR) is 82.8 cm³/mol. The van der Waals surface area contributed by atoms with Gasteiger partial charge < -0.3 is 14.5 Å². The number of rotatable bonds is 4. The van der Waals surface area contributed by atoms with E-state index in [9.17, 15) is 4.79 Å². The van der Waals surface area contributed by atoms with Crippen LogP contribution in [0.25, 0.3) is 0 Å². The van der Waals surface area contributed by atoms with Gasteiger partial charge in [0.1, 0.15) is 0 Å². The lowest BCUT2D eigenvalue weighted by atomic mass is 9.95. The van der Waals surface area contributed by atoms with E-state index in [4.69, 9.17) is 9.15 Å². The van der Waals surface area contributed by atoms with Gasteiger partial charge in [0.2, 0.25) is 0 Å². The number of carbonyl (C=O) groups is 1. The molecule has 0 aromatic carbocycles. The fourth-order valence-electron chi connectivity index (χ4n) is 3.07. The molecule has 1 N–H and O–H groups in total. The van der Waals surface area contributed by atoms with Gasteiger partial charge in [-0.3, -0.25) is 9.69 Å². The van der Waals surface area contributed by atoms with E-state index in [2.05, 4.69) is 10.2 Å². The summed E-state index contributed by atoms with van der Waals surface area (Å²) in [5.74, 6) is 2.55. The van der Waals surface area contributed by atoms with Gasteiger partial charge >= 0.3 is 0 Å². The molecular weight excluding hydrogens is 288 g/mol. The van der Waals surface area contributed by atoms with Gasteiger partial charge in [0.05, 0.1) is 19.5 Å². The Morgan fingerprint density at radius 1 is 1.48 bits per heavy atom. The number of furan rings is 1. The number of nitrogens with zero attached hydrogens (tertiary/aromatic N) is 1. The van der Waals surface area contributed by atoms with Crippen LogP contribution in [0.4, 0.5) is 0 Å². The highest BCUT2D eigenvalue weighted by Crippen LogP contribution is 2.33. The molecule has 21 heavy (non-hydrogen) atoms. The number of nitrogens with one attached hydrogen (secondary N) is 1. The smallest absolute Gasteiger partial charge is 0.287 e. The van der Waals surface area contributed by atoms with E-state index in [1.165, 1.54) is 0 Å². The topological polar surface area (TPSA) is 54.7 Å². The first-order valence-corrected chi connectivity index (χ1v) is 8.60. The number of hydrogen-bond donors (Lipinski definition) is 1. The van der Waals surface area contributed by atoms with Gasteiger partial charge in [-0.05, 0) is 25.2 Å². The van der Waals surface area contributed by atoms with Crippen LogP contribution in [0.5, 0.6) is 0 Å². The van der Waals surface area contributed by atoms with E-state index < -0.39 is 0 Å². The fraction of sp³-hybridized carbons (Fsp3) is 0.667. The molecule has 1 atom stereocenters. The van der Waals surface area contributed by atoms with Crippen LogP contribution >= 0.6 is 11.8 Å². The lowest BCUT2D eigenvalue weighted by Crippen LogP contribution is -2.59. The molecule has 0 bridgehead atoms. The van der Waals surface area contributed by atoms with Crippen molar-refractivity contribution in [1.29, 1.82) is 0 Å². The number of amides is 1. The standard InChI is InChI=1S/C15H22N2O3S/c1-12-2-6-20-13(12)14(18)16-10-15(3-9-21-11-15)17-4-7-19-8-5-17/h2,6H,3-5,7-11H2,1H3,(H,16,18)/t15-/m0/s1. The molecule has 1 aromatic heterocycles. The molecule has 0 spiro atoms. The molecule has 3 rings (SSSR count). The van der Waals surface area contributed by atoms with Gasteiger partial charge in [-0.15, -0.1) is 0 Å². The molecule has 0 saturated carbocycles. The molecule has 1 aromatic rings. The van der Waals surface area contributed by atoms with Crippen molar-refractivity contribution in [2.45, 2.75) is 18.9 Å². The minimum absolute atomic E-state index is 0.0740. The summed E-state index contributed by atoms with van der Waals surface area (Å²) in [6.07, 6.45) is 2.68. The Hall–Kier alpha value is -0.980. The number of ether oxygens (including phenoxy) is 1. The van der Waals surface area contributed by atoms with Crippen molar-refractivity contribution in [3.63, 3.8) is 0 Å². The highest BCUT2D eigenvalue weighted by atomic mass is 32.2. The average Bonchev–Trinajstić information content (AvgIpc) is 3.15. The monoisotopic (exact) mass is 310 g/mol. The third-order valence-corrected chi connectivity index (χ3v) is 5.64. The third kappa shape index (κ3) is 3.12. The number of thioether (sulfide) groups is 1. The van der Waals surface area contributed by atoms with Crippen molar-refractivity contribution >= 4 is 17.7 Å². The molecule has 2 fully saturated rings. The van der Waals surface area contributed by atoms with E-state index in [0.717, 1.165) is 49.8 Å². The lowest BCUT2D eigenvalue weighted by Gasteiger charge is -2.42. The molecule has 2 aliphatic rings. The Bertz CT molecular complexity index is 491. The molecule has 3 heterocycles. The maximum Gasteiger partial charge on any atom is 0.287 e. The normalized spacial score (nSPS) is 26.9. The highest BCUT2D eigenvalue weighted by Gasteiger charge is 2.41. The summed E-state index contributed by atoms with van der Waals surface area (Å²) in [6.45, 7) is 6.06. The van der Waals surface area contributed by atoms with E-state index in [1.54, 1.807) is 6.26 Å². The second kappa shape index (κ2) is 6.42. The summed E-state index contributed by atoms with van der Waals surface area (Å²) in [4.78, 5) is 14.7. The summed E-state index contributed by atoms with van der Waals surface area (Å²) >= 11 is 1.97. The first-order chi connectivity index (χ1) is 10.2. The van der Waals surface area contributed by atoms with Crippen LogP contribution in [-0.2, 0) is 4.74 Å². The molecule has 2 saturated heterocycles. The molecular formula is C15H22N2O3S. The van der Waals surface area contributed by atoms with Gasteiger partial charge in [0, 0.05) is 36.5 Å². The first kappa shape index (κ1) is 14.9. The van der Waals surface area contributed by atoms with Crippen molar-refractivity contribution in [3.8, 4) is 0 Å². The molecule has 6 heteroatoms. The zero-order valence-corrected chi connectivity index (χ0v) is 13.2. The Labute approximate surface area is 129 Å². The first-order valence-electron chi connectivity index (χ1n) is 7.44. The van der Waals surface area contributed by atoms with Gasteiger partial charge in [-0.1, -0.05) is 0 Å². The zero-order valence-electron chi connectivity index (χ0n) is 12.4. The molecule has 5 nitrogen and oxygen atoms in total. The molecule has 0 unspecified atom stereocenters. The van der Waals surface area contributed by atoms with Crippen LogP contribution in [0.2, 0.25) is 0 Å². The lowest BCUT2D eigenvalue weighted by molar-refractivity contribution is -0.0129. The summed E-state index contributed by atoms with van der Waals surface area (Å²) in [7, 11) is 0.